The summed E-state index contributed by atoms with van der Waals surface area (Å²) in [5, 5.41) is 15.7. The molecule has 1 amide bonds. The van der Waals surface area contributed by atoms with E-state index in [0.717, 1.165) is 29.7 Å². The second kappa shape index (κ2) is 12.2. The predicted octanol–water partition coefficient (Wildman–Crippen LogP) is 8.04. The van der Waals surface area contributed by atoms with E-state index in [4.69, 9.17) is 26.1 Å². The second-order valence-electron chi connectivity index (χ2n) is 10.6. The summed E-state index contributed by atoms with van der Waals surface area (Å²) >= 11 is 7.50. The maximum atomic E-state index is 13.6. The van der Waals surface area contributed by atoms with Crippen LogP contribution >= 0.6 is 22.9 Å². The SMILES string of the molecule is C=CCOc1c(C=Nc2sc3c(c2C(=O)Nc2ccc(Cl)cc2)CC[C@H](C(C)(C)C)C3)cc([N+](=O)[O-])cc1OC. The Morgan fingerprint density at radius 3 is 2.65 bits per heavy atom. The lowest BCUT2D eigenvalue weighted by Gasteiger charge is -2.33. The van der Waals surface area contributed by atoms with Gasteiger partial charge in [0.05, 0.1) is 23.7 Å². The average molecular weight is 582 g/mol. The van der Waals surface area contributed by atoms with Crippen molar-refractivity contribution in [2.24, 2.45) is 16.3 Å². The smallest absolute Gasteiger partial charge is 0.274 e. The molecule has 0 bridgehead atoms. The number of carbonyl (C=O) groups is 1. The zero-order chi connectivity index (χ0) is 29.0. The molecule has 3 aromatic rings. The summed E-state index contributed by atoms with van der Waals surface area (Å²) in [6.45, 7) is 10.6. The van der Waals surface area contributed by atoms with Gasteiger partial charge in [0.25, 0.3) is 11.6 Å². The van der Waals surface area contributed by atoms with Gasteiger partial charge in [0.2, 0.25) is 0 Å². The van der Waals surface area contributed by atoms with Crippen LogP contribution in [0.3, 0.4) is 0 Å². The van der Waals surface area contributed by atoms with Crippen LogP contribution in [0.4, 0.5) is 16.4 Å². The lowest BCUT2D eigenvalue weighted by atomic mass is 9.72. The molecular weight excluding hydrogens is 550 g/mol. The number of hydrogen-bond donors (Lipinski definition) is 1. The van der Waals surface area contributed by atoms with Crippen molar-refractivity contribution in [2.75, 3.05) is 19.0 Å². The molecule has 0 radical (unpaired) electrons. The fraction of sp³-hybridized carbons (Fsp3) is 0.333. The Labute approximate surface area is 242 Å². The van der Waals surface area contributed by atoms with Crippen LogP contribution in [0, 0.1) is 21.4 Å². The van der Waals surface area contributed by atoms with Crippen LogP contribution < -0.4 is 14.8 Å². The molecule has 1 N–H and O–H groups in total. The number of halogens is 1. The van der Waals surface area contributed by atoms with E-state index in [2.05, 4.69) is 32.7 Å². The summed E-state index contributed by atoms with van der Waals surface area (Å²) in [7, 11) is 1.42. The highest BCUT2D eigenvalue weighted by Gasteiger charge is 2.34. The topological polar surface area (TPSA) is 103 Å². The number of nitrogens with one attached hydrogen (secondary N) is 1. The number of aliphatic imine (C=N–C) groups is 1. The van der Waals surface area contributed by atoms with Crippen molar-refractivity contribution in [1.82, 2.24) is 0 Å². The predicted molar refractivity (Wildman–Crippen MR) is 161 cm³/mol. The molecule has 1 aliphatic carbocycles. The van der Waals surface area contributed by atoms with Crippen molar-refractivity contribution in [3.05, 3.63) is 85.8 Å². The van der Waals surface area contributed by atoms with Crippen LogP contribution in [0.25, 0.3) is 0 Å². The zero-order valence-electron chi connectivity index (χ0n) is 23.0. The second-order valence-corrected chi connectivity index (χ2v) is 12.2. The van der Waals surface area contributed by atoms with Crippen molar-refractivity contribution >= 4 is 51.4 Å². The molecule has 1 aromatic heterocycles. The molecule has 0 fully saturated rings. The molecule has 1 aliphatic rings. The summed E-state index contributed by atoms with van der Waals surface area (Å²) in [6.07, 6.45) is 5.66. The van der Waals surface area contributed by atoms with E-state index in [0.29, 0.717) is 38.5 Å². The van der Waals surface area contributed by atoms with Gasteiger partial charge in [0.15, 0.2) is 11.5 Å². The number of ether oxygens (including phenoxy) is 2. The summed E-state index contributed by atoms with van der Waals surface area (Å²) in [5.74, 6) is 0.721. The zero-order valence-corrected chi connectivity index (χ0v) is 24.5. The molecule has 2 aromatic carbocycles. The molecule has 0 aliphatic heterocycles. The van der Waals surface area contributed by atoms with Crippen LogP contribution in [-0.2, 0) is 12.8 Å². The van der Waals surface area contributed by atoms with E-state index < -0.39 is 4.92 Å². The van der Waals surface area contributed by atoms with Crippen LogP contribution in [-0.4, -0.2) is 30.8 Å². The molecule has 0 saturated carbocycles. The van der Waals surface area contributed by atoms with Gasteiger partial charge in [-0.05, 0) is 60.4 Å². The van der Waals surface area contributed by atoms with E-state index in [1.807, 2.05) is 0 Å². The van der Waals surface area contributed by atoms with Crippen molar-refractivity contribution < 1.29 is 19.2 Å². The number of nitrogens with zero attached hydrogens (tertiary/aromatic N) is 2. The number of nitro benzene ring substituents is 1. The van der Waals surface area contributed by atoms with Gasteiger partial charge in [0.1, 0.15) is 11.6 Å². The molecule has 210 valence electrons. The molecule has 1 heterocycles. The minimum absolute atomic E-state index is 0.133. The molecule has 10 heteroatoms. The standard InChI is InChI=1S/C30H32ClN3O5S/c1-6-13-39-27-18(14-22(34(36)37)16-24(27)38-5)17-32-29-26(28(35)33-21-10-8-20(31)9-11-21)23-12-7-19(30(2,3)4)15-25(23)40-29/h6,8-11,14,16-17,19H,1,7,12-13,15H2,2-5H3,(H,33,35)/t19-/m0/s1. The lowest BCUT2D eigenvalue weighted by Crippen LogP contribution is -2.27. The molecule has 0 saturated heterocycles. The molecule has 4 rings (SSSR count). The van der Waals surface area contributed by atoms with Gasteiger partial charge in [-0.1, -0.05) is 45.0 Å². The number of non-ortho nitro benzene ring substituents is 1. The fourth-order valence-corrected chi connectivity index (χ4v) is 6.14. The first kappa shape index (κ1) is 29.3. The molecule has 1 atom stereocenters. The Hall–Kier alpha value is -3.69. The third kappa shape index (κ3) is 6.54. The number of benzene rings is 2. The first-order valence-corrected chi connectivity index (χ1v) is 14.1. The van der Waals surface area contributed by atoms with Crippen molar-refractivity contribution in [3.63, 3.8) is 0 Å². The highest BCUT2D eigenvalue weighted by Crippen LogP contribution is 2.46. The molecular formula is C30H32ClN3O5S. The Balaban J connectivity index is 1.79. The van der Waals surface area contributed by atoms with E-state index >= 15 is 0 Å². The third-order valence-corrected chi connectivity index (χ3v) is 8.38. The van der Waals surface area contributed by atoms with Gasteiger partial charge in [-0.15, -0.1) is 11.3 Å². The molecule has 40 heavy (non-hydrogen) atoms. The molecule has 0 unspecified atom stereocenters. The minimum Gasteiger partial charge on any atom is -0.493 e. The number of thiophene rings is 1. The number of rotatable bonds is 9. The van der Waals surface area contributed by atoms with Gasteiger partial charge >= 0.3 is 0 Å². The molecule has 0 spiro atoms. The van der Waals surface area contributed by atoms with Crippen molar-refractivity contribution in [1.29, 1.82) is 0 Å². The van der Waals surface area contributed by atoms with Crippen LogP contribution in [0.5, 0.6) is 11.5 Å². The fourth-order valence-electron chi connectivity index (χ4n) is 4.75. The first-order valence-electron chi connectivity index (χ1n) is 12.9. The third-order valence-electron chi connectivity index (χ3n) is 6.97. The maximum Gasteiger partial charge on any atom is 0.274 e. The average Bonchev–Trinajstić information content (AvgIpc) is 3.29. The highest BCUT2D eigenvalue weighted by atomic mass is 35.5. The lowest BCUT2D eigenvalue weighted by molar-refractivity contribution is -0.385. The number of nitro groups is 1. The number of anilines is 1. The maximum absolute atomic E-state index is 13.6. The van der Waals surface area contributed by atoms with Gasteiger partial charge in [-0.3, -0.25) is 14.9 Å². The Bertz CT molecular complexity index is 1460. The van der Waals surface area contributed by atoms with Crippen LogP contribution in [0.15, 0.2) is 54.0 Å². The largest absolute Gasteiger partial charge is 0.493 e. The normalized spacial score (nSPS) is 15.0. The summed E-state index contributed by atoms with van der Waals surface area (Å²) in [5.41, 5.74) is 2.47. The van der Waals surface area contributed by atoms with Gasteiger partial charge in [-0.2, -0.15) is 0 Å². The van der Waals surface area contributed by atoms with Crippen LogP contribution in [0.1, 0.15) is 53.6 Å². The van der Waals surface area contributed by atoms with E-state index in [-0.39, 0.29) is 29.4 Å². The Kier molecular flexibility index (Phi) is 8.95. The molecule has 8 nitrogen and oxygen atoms in total. The van der Waals surface area contributed by atoms with Gasteiger partial charge < -0.3 is 14.8 Å². The van der Waals surface area contributed by atoms with Crippen molar-refractivity contribution in [2.45, 2.75) is 40.0 Å². The number of carbonyl (C=O) groups excluding carboxylic acids is 1. The number of hydrogen-bond acceptors (Lipinski definition) is 7. The van der Waals surface area contributed by atoms with E-state index in [1.165, 1.54) is 36.8 Å². The summed E-state index contributed by atoms with van der Waals surface area (Å²) in [6, 6.07) is 9.60. The number of amides is 1. The summed E-state index contributed by atoms with van der Waals surface area (Å²) < 4.78 is 11.2. The summed E-state index contributed by atoms with van der Waals surface area (Å²) in [4.78, 5) is 30.6. The van der Waals surface area contributed by atoms with E-state index in [9.17, 15) is 14.9 Å². The highest BCUT2D eigenvalue weighted by molar-refractivity contribution is 7.16. The first-order chi connectivity index (χ1) is 19.0. The monoisotopic (exact) mass is 581 g/mol. The Morgan fingerprint density at radius 1 is 1.30 bits per heavy atom. The van der Waals surface area contributed by atoms with E-state index in [1.54, 1.807) is 30.3 Å². The van der Waals surface area contributed by atoms with Crippen molar-refractivity contribution in [3.8, 4) is 11.5 Å². The van der Waals surface area contributed by atoms with Gasteiger partial charge in [-0.25, -0.2) is 4.99 Å². The Morgan fingerprint density at radius 2 is 2.02 bits per heavy atom. The minimum atomic E-state index is -0.501. The van der Waals surface area contributed by atoms with Gasteiger partial charge in [0, 0.05) is 33.4 Å². The number of fused-ring (bicyclic) bond motifs is 1. The quantitative estimate of drug-likeness (QED) is 0.119. The van der Waals surface area contributed by atoms with Crippen LogP contribution in [0.2, 0.25) is 5.02 Å². The number of methoxy groups -OCH3 is 1.